The van der Waals surface area contributed by atoms with Crippen molar-refractivity contribution in [1.29, 1.82) is 0 Å². The summed E-state index contributed by atoms with van der Waals surface area (Å²) in [4.78, 5) is 4.55. The van der Waals surface area contributed by atoms with Crippen LogP contribution in [0.5, 0.6) is 0 Å². The van der Waals surface area contributed by atoms with E-state index in [4.69, 9.17) is 0 Å². The van der Waals surface area contributed by atoms with Crippen molar-refractivity contribution in [2.75, 3.05) is 12.3 Å². The third kappa shape index (κ3) is 4.03. The molecule has 1 aliphatic rings. The summed E-state index contributed by atoms with van der Waals surface area (Å²) in [5, 5.41) is 4.63. The van der Waals surface area contributed by atoms with Crippen LogP contribution in [0.4, 0.5) is 0 Å². The van der Waals surface area contributed by atoms with Crippen LogP contribution < -0.4 is 5.32 Å². The van der Waals surface area contributed by atoms with Crippen LogP contribution in [0.25, 0.3) is 0 Å². The van der Waals surface area contributed by atoms with Gasteiger partial charge in [-0.3, -0.25) is 4.99 Å². The van der Waals surface area contributed by atoms with Gasteiger partial charge in [0.25, 0.3) is 0 Å². The minimum Gasteiger partial charge on any atom is -0.362 e. The van der Waals surface area contributed by atoms with E-state index < -0.39 is 0 Å². The molecule has 0 saturated carbocycles. The Bertz CT molecular complexity index is 178. The third-order valence-corrected chi connectivity index (χ3v) is 3.09. The Morgan fingerprint density at radius 3 is 3.00 bits per heavy atom. The highest BCUT2D eigenvalue weighted by atomic mass is 32.2. The number of rotatable bonds is 3. The summed E-state index contributed by atoms with van der Waals surface area (Å²) in [7, 11) is 0. The summed E-state index contributed by atoms with van der Waals surface area (Å²) in [6.45, 7) is 7.59. The van der Waals surface area contributed by atoms with Crippen molar-refractivity contribution in [2.24, 2.45) is 10.9 Å². The van der Waals surface area contributed by atoms with Gasteiger partial charge in [0, 0.05) is 18.3 Å². The van der Waals surface area contributed by atoms with Gasteiger partial charge in [0.15, 0.2) is 5.17 Å². The Hall–Kier alpha value is -0.180. The molecule has 1 rings (SSSR count). The Morgan fingerprint density at radius 2 is 2.38 bits per heavy atom. The summed E-state index contributed by atoms with van der Waals surface area (Å²) in [5.74, 6) is 1.89. The summed E-state index contributed by atoms with van der Waals surface area (Å²) in [6.07, 6.45) is 2.49. The van der Waals surface area contributed by atoms with E-state index in [1.54, 1.807) is 0 Å². The van der Waals surface area contributed by atoms with Gasteiger partial charge in [-0.25, -0.2) is 0 Å². The smallest absolute Gasteiger partial charge is 0.156 e. The lowest BCUT2D eigenvalue weighted by Crippen LogP contribution is -2.37. The zero-order valence-corrected chi connectivity index (χ0v) is 9.66. The van der Waals surface area contributed by atoms with Crippen molar-refractivity contribution < 1.29 is 0 Å². The number of aliphatic imine (C=N–C) groups is 1. The molecular formula is C10H20N2S. The van der Waals surface area contributed by atoms with Crippen molar-refractivity contribution in [1.82, 2.24) is 5.32 Å². The SMILES string of the molecule is CCC1CCSC(=NCC(C)C)N1. The Morgan fingerprint density at radius 1 is 1.62 bits per heavy atom. The first kappa shape index (κ1) is 10.9. The second-order valence-corrected chi connectivity index (χ2v) is 5.01. The largest absolute Gasteiger partial charge is 0.362 e. The fraction of sp³-hybridized carbons (Fsp3) is 0.900. The molecule has 2 nitrogen and oxygen atoms in total. The minimum absolute atomic E-state index is 0.659. The normalized spacial score (nSPS) is 26.5. The summed E-state index contributed by atoms with van der Waals surface area (Å²) < 4.78 is 0. The van der Waals surface area contributed by atoms with Gasteiger partial charge in [0.05, 0.1) is 0 Å². The lowest BCUT2D eigenvalue weighted by molar-refractivity contribution is 0.568. The second kappa shape index (κ2) is 5.53. The van der Waals surface area contributed by atoms with Gasteiger partial charge in [0.1, 0.15) is 0 Å². The molecule has 0 amide bonds. The van der Waals surface area contributed by atoms with Crippen LogP contribution in [0.3, 0.4) is 0 Å². The molecule has 0 radical (unpaired) electrons. The predicted molar refractivity (Wildman–Crippen MR) is 61.4 cm³/mol. The first-order valence-electron chi connectivity index (χ1n) is 5.16. The molecule has 1 fully saturated rings. The van der Waals surface area contributed by atoms with Crippen molar-refractivity contribution in [3.8, 4) is 0 Å². The molecule has 0 spiro atoms. The van der Waals surface area contributed by atoms with Gasteiger partial charge in [-0.2, -0.15) is 0 Å². The molecule has 76 valence electrons. The van der Waals surface area contributed by atoms with Gasteiger partial charge in [-0.15, -0.1) is 0 Å². The number of thioether (sulfide) groups is 1. The van der Waals surface area contributed by atoms with Crippen molar-refractivity contribution in [3.05, 3.63) is 0 Å². The van der Waals surface area contributed by atoms with Crippen LogP contribution in [0, 0.1) is 5.92 Å². The van der Waals surface area contributed by atoms with E-state index in [2.05, 4.69) is 31.1 Å². The summed E-state index contributed by atoms with van der Waals surface area (Å²) in [6, 6.07) is 0.659. The lowest BCUT2D eigenvalue weighted by atomic mass is 10.2. The molecule has 3 heteroatoms. The topological polar surface area (TPSA) is 24.4 Å². The Balaban J connectivity index is 2.36. The first-order valence-corrected chi connectivity index (χ1v) is 6.14. The fourth-order valence-electron chi connectivity index (χ4n) is 1.25. The highest BCUT2D eigenvalue weighted by Gasteiger charge is 2.14. The van der Waals surface area contributed by atoms with Crippen LogP contribution >= 0.6 is 11.8 Å². The minimum atomic E-state index is 0.659. The molecule has 1 N–H and O–H groups in total. The average Bonchev–Trinajstić information content (AvgIpc) is 2.15. The maximum atomic E-state index is 4.55. The number of hydrogen-bond acceptors (Lipinski definition) is 2. The van der Waals surface area contributed by atoms with Gasteiger partial charge < -0.3 is 5.32 Å². The number of amidine groups is 1. The highest BCUT2D eigenvalue weighted by molar-refractivity contribution is 8.13. The molecule has 0 bridgehead atoms. The zero-order valence-electron chi connectivity index (χ0n) is 8.84. The van der Waals surface area contributed by atoms with Crippen LogP contribution in [-0.4, -0.2) is 23.5 Å². The molecule has 0 aromatic carbocycles. The first-order chi connectivity index (χ1) is 6.22. The molecule has 0 aromatic rings. The Labute approximate surface area is 85.6 Å². The molecule has 1 aliphatic heterocycles. The predicted octanol–water partition coefficient (Wildman–Crippen LogP) is 2.50. The lowest BCUT2D eigenvalue weighted by Gasteiger charge is -2.24. The quantitative estimate of drug-likeness (QED) is 0.757. The number of nitrogens with zero attached hydrogens (tertiary/aromatic N) is 1. The maximum absolute atomic E-state index is 4.55. The molecule has 1 heterocycles. The molecular weight excluding hydrogens is 180 g/mol. The number of hydrogen-bond donors (Lipinski definition) is 1. The monoisotopic (exact) mass is 200 g/mol. The van der Waals surface area contributed by atoms with Crippen LogP contribution in [0.1, 0.15) is 33.6 Å². The van der Waals surface area contributed by atoms with E-state index in [0.29, 0.717) is 12.0 Å². The van der Waals surface area contributed by atoms with E-state index in [0.717, 1.165) is 11.7 Å². The van der Waals surface area contributed by atoms with E-state index in [1.807, 2.05) is 11.8 Å². The van der Waals surface area contributed by atoms with Crippen molar-refractivity contribution >= 4 is 16.9 Å². The van der Waals surface area contributed by atoms with Gasteiger partial charge >= 0.3 is 0 Å². The second-order valence-electron chi connectivity index (χ2n) is 3.93. The fourth-order valence-corrected chi connectivity index (χ4v) is 2.26. The van der Waals surface area contributed by atoms with E-state index in [1.165, 1.54) is 18.6 Å². The zero-order chi connectivity index (χ0) is 9.68. The molecule has 1 saturated heterocycles. The van der Waals surface area contributed by atoms with E-state index in [-0.39, 0.29) is 0 Å². The average molecular weight is 200 g/mol. The van der Waals surface area contributed by atoms with Crippen LogP contribution in [0.2, 0.25) is 0 Å². The van der Waals surface area contributed by atoms with Crippen molar-refractivity contribution in [3.63, 3.8) is 0 Å². The van der Waals surface area contributed by atoms with Gasteiger partial charge in [0.2, 0.25) is 0 Å². The van der Waals surface area contributed by atoms with Gasteiger partial charge in [-0.05, 0) is 18.8 Å². The van der Waals surface area contributed by atoms with Crippen LogP contribution in [0.15, 0.2) is 4.99 Å². The van der Waals surface area contributed by atoms with Crippen LogP contribution in [-0.2, 0) is 0 Å². The maximum Gasteiger partial charge on any atom is 0.156 e. The summed E-state index contributed by atoms with van der Waals surface area (Å²) in [5.41, 5.74) is 0. The molecule has 0 aromatic heterocycles. The van der Waals surface area contributed by atoms with Gasteiger partial charge in [-0.1, -0.05) is 32.5 Å². The molecule has 13 heavy (non-hydrogen) atoms. The van der Waals surface area contributed by atoms with Crippen molar-refractivity contribution in [2.45, 2.75) is 39.7 Å². The standard InChI is InChI=1S/C10H20N2S/c1-4-9-5-6-13-10(12-9)11-7-8(2)3/h8-9H,4-7H2,1-3H3,(H,11,12). The highest BCUT2D eigenvalue weighted by Crippen LogP contribution is 2.15. The molecule has 0 aliphatic carbocycles. The third-order valence-electron chi connectivity index (χ3n) is 2.13. The van der Waals surface area contributed by atoms with E-state index >= 15 is 0 Å². The molecule has 1 unspecified atom stereocenters. The summed E-state index contributed by atoms with van der Waals surface area (Å²) >= 11 is 1.86. The Kier molecular flexibility index (Phi) is 4.64. The molecule has 1 atom stereocenters. The van der Waals surface area contributed by atoms with E-state index in [9.17, 15) is 0 Å². The number of nitrogens with one attached hydrogen (secondary N) is 1.